The van der Waals surface area contributed by atoms with Gasteiger partial charge >= 0.3 is 13.7 Å². The third-order valence-electron chi connectivity index (χ3n) is 4.36. The number of carbonyl (C=O) groups excluding carboxylic acids is 1. The van der Waals surface area contributed by atoms with Gasteiger partial charge in [0.1, 0.15) is 12.3 Å². The van der Waals surface area contributed by atoms with E-state index >= 15 is 0 Å². The summed E-state index contributed by atoms with van der Waals surface area (Å²) in [5, 5.41) is 20.4. The minimum Gasteiger partial charge on any atom is -0.481 e. The van der Waals surface area contributed by atoms with Gasteiger partial charge in [0.05, 0.1) is 31.5 Å². The molecule has 1 aliphatic rings. The number of ether oxygens (including phenoxy) is 1. The maximum absolute atomic E-state index is 12.0. The number of nitrogens with one attached hydrogen (secondary N) is 2. The smallest absolute Gasteiger partial charge is 0.432 e. The summed E-state index contributed by atoms with van der Waals surface area (Å²) in [6.45, 7) is -0.595. The molecule has 16 nitrogen and oxygen atoms in total. The van der Waals surface area contributed by atoms with Gasteiger partial charge < -0.3 is 31.3 Å². The van der Waals surface area contributed by atoms with Crippen molar-refractivity contribution in [3.63, 3.8) is 0 Å². The van der Waals surface area contributed by atoms with E-state index in [0.717, 1.165) is 0 Å². The Kier molecular flexibility index (Phi) is 6.40. The van der Waals surface area contributed by atoms with E-state index in [2.05, 4.69) is 15.0 Å². The molecule has 0 radical (unpaired) electrons. The van der Waals surface area contributed by atoms with Gasteiger partial charge in [0.25, 0.3) is 5.56 Å². The van der Waals surface area contributed by atoms with Crippen molar-refractivity contribution in [1.82, 2.24) is 24.6 Å². The highest BCUT2D eigenvalue weighted by Gasteiger charge is 2.38. The lowest BCUT2D eigenvalue weighted by Gasteiger charge is -2.19. The van der Waals surface area contributed by atoms with Crippen molar-refractivity contribution >= 4 is 36.7 Å². The molecule has 0 spiro atoms. The van der Waals surface area contributed by atoms with E-state index in [0.29, 0.717) is 0 Å². The second kappa shape index (κ2) is 8.70. The molecule has 0 aromatic carbocycles. The molecule has 2 aromatic heterocycles. The first-order chi connectivity index (χ1) is 14.5. The number of anilines is 1. The van der Waals surface area contributed by atoms with Gasteiger partial charge in [0.2, 0.25) is 11.9 Å². The first-order valence-corrected chi connectivity index (χ1v) is 10.4. The predicted octanol–water partition coefficient (Wildman–Crippen LogP) is -2.61. The summed E-state index contributed by atoms with van der Waals surface area (Å²) >= 11 is 0. The molecule has 3 rings (SSSR count). The quantitative estimate of drug-likeness (QED) is 0.199. The van der Waals surface area contributed by atoms with Gasteiger partial charge in [-0.1, -0.05) is 0 Å². The Hall–Kier alpha value is -2.88. The van der Waals surface area contributed by atoms with E-state index in [4.69, 9.17) is 25.8 Å². The van der Waals surface area contributed by atoms with Gasteiger partial charge in [-0.25, -0.2) is 9.55 Å². The van der Waals surface area contributed by atoms with E-state index in [-0.39, 0.29) is 23.5 Å². The van der Waals surface area contributed by atoms with E-state index in [1.54, 1.807) is 5.09 Å². The second-order valence-electron chi connectivity index (χ2n) is 6.70. The maximum Gasteiger partial charge on any atom is 0.432 e. The van der Waals surface area contributed by atoms with Crippen molar-refractivity contribution in [3.8, 4) is 0 Å². The van der Waals surface area contributed by atoms with Crippen molar-refractivity contribution in [2.45, 2.75) is 37.3 Å². The highest BCUT2D eigenvalue weighted by atomic mass is 31.2. The summed E-state index contributed by atoms with van der Waals surface area (Å²) in [6.07, 6.45) is -2.51. The van der Waals surface area contributed by atoms with Crippen LogP contribution in [0.25, 0.3) is 11.2 Å². The van der Waals surface area contributed by atoms with E-state index in [1.165, 1.54) is 10.9 Å². The first kappa shape index (κ1) is 22.8. The molecule has 17 heteroatoms. The van der Waals surface area contributed by atoms with Crippen molar-refractivity contribution in [1.29, 1.82) is 0 Å². The van der Waals surface area contributed by atoms with Gasteiger partial charge in [0.15, 0.2) is 11.2 Å². The number of H-pyrrole nitrogens is 1. The number of aliphatic hydroxyl groups is 1. The normalized spacial score (nSPS) is 24.0. The molecule has 170 valence electrons. The molecule has 9 N–H and O–H groups in total. The molecule has 1 amide bonds. The molecule has 3 heterocycles. The number of hydrogen-bond donors (Lipinski definition) is 7. The summed E-state index contributed by atoms with van der Waals surface area (Å²) in [6, 6.07) is -1.56. The molecule has 31 heavy (non-hydrogen) atoms. The van der Waals surface area contributed by atoms with Crippen molar-refractivity contribution in [3.05, 3.63) is 16.7 Å². The van der Waals surface area contributed by atoms with Crippen LogP contribution in [0.1, 0.15) is 19.1 Å². The number of nitrogens with zero attached hydrogens (tertiary/aromatic N) is 3. The third kappa shape index (κ3) is 5.25. The Morgan fingerprint density at radius 1 is 1.52 bits per heavy atom. The summed E-state index contributed by atoms with van der Waals surface area (Å²) in [5.74, 6) is -2.70. The standard InChI is InChI=1S/C14H20N7O9P/c15-5(1-9(23)24)12(25)20-31(27,28)29-3-7-6(22)2-8(30-7)21-4-17-10-11(21)18-14(16)19-13(10)26/h4-8,22H,1-3,15H2,(H,23,24)(H3,16,18,19,26)(H2,20,25,27,28)/t5-,6-,7+,8-/m0/s1. The summed E-state index contributed by atoms with van der Waals surface area (Å²) in [5.41, 5.74) is 10.4. The van der Waals surface area contributed by atoms with E-state index in [9.17, 15) is 28.9 Å². The zero-order valence-corrected chi connectivity index (χ0v) is 16.6. The molecule has 0 bridgehead atoms. The lowest BCUT2D eigenvalue weighted by molar-refractivity contribution is -0.139. The van der Waals surface area contributed by atoms with Crippen LogP contribution in [0.4, 0.5) is 5.95 Å². The van der Waals surface area contributed by atoms with Crippen LogP contribution < -0.4 is 22.1 Å². The molecule has 1 fully saturated rings. The van der Waals surface area contributed by atoms with E-state index < -0.39 is 62.7 Å². The Labute approximate surface area is 172 Å². The van der Waals surface area contributed by atoms with Crippen LogP contribution in [0.5, 0.6) is 0 Å². The van der Waals surface area contributed by atoms with Crippen LogP contribution in [0.2, 0.25) is 0 Å². The molecule has 1 saturated heterocycles. The summed E-state index contributed by atoms with van der Waals surface area (Å²) < 4.78 is 23.8. The maximum atomic E-state index is 12.0. The molecule has 0 aliphatic carbocycles. The molecular formula is C14H20N7O9P. The Morgan fingerprint density at radius 2 is 2.23 bits per heavy atom. The number of fused-ring (bicyclic) bond motifs is 1. The van der Waals surface area contributed by atoms with Crippen LogP contribution >= 0.6 is 7.75 Å². The monoisotopic (exact) mass is 461 g/mol. The van der Waals surface area contributed by atoms with Crippen LogP contribution in [0.3, 0.4) is 0 Å². The number of carbonyl (C=O) groups is 2. The number of carboxylic acids is 1. The average molecular weight is 461 g/mol. The Morgan fingerprint density at radius 3 is 2.90 bits per heavy atom. The number of aromatic nitrogens is 4. The van der Waals surface area contributed by atoms with Gasteiger partial charge in [-0.05, 0) is 0 Å². The molecule has 0 saturated carbocycles. The number of nitrogens with two attached hydrogens (primary N) is 2. The minimum atomic E-state index is -4.71. The van der Waals surface area contributed by atoms with Crippen LogP contribution in [0.15, 0.2) is 11.1 Å². The van der Waals surface area contributed by atoms with Gasteiger partial charge in [-0.3, -0.25) is 33.5 Å². The van der Waals surface area contributed by atoms with Crippen LogP contribution in [-0.2, 0) is 23.4 Å². The number of aliphatic hydroxyl groups excluding tert-OH is 1. The van der Waals surface area contributed by atoms with E-state index in [1.807, 2.05) is 0 Å². The number of nitrogen functional groups attached to an aromatic ring is 1. The fourth-order valence-electron chi connectivity index (χ4n) is 2.90. The topological polar surface area (TPSA) is 258 Å². The zero-order valence-electron chi connectivity index (χ0n) is 15.7. The molecule has 1 aliphatic heterocycles. The summed E-state index contributed by atoms with van der Waals surface area (Å²) in [7, 11) is -4.71. The fourth-order valence-corrected chi connectivity index (χ4v) is 3.76. The lowest BCUT2D eigenvalue weighted by Crippen LogP contribution is -2.41. The van der Waals surface area contributed by atoms with Crippen LogP contribution in [-0.4, -0.2) is 71.4 Å². The SMILES string of the molecule is Nc1nc2c(ncn2[C@@H]2C[C@H](O)[C@@H](COP(=O)(O)NC(=O)[C@@H](N)CC(=O)O)O2)c(=O)[nH]1. The first-order valence-electron chi connectivity index (χ1n) is 8.79. The predicted molar refractivity (Wildman–Crippen MR) is 101 cm³/mol. The second-order valence-corrected chi connectivity index (χ2v) is 8.23. The lowest BCUT2D eigenvalue weighted by atomic mass is 10.2. The number of imidazole rings is 1. The Bertz CT molecular complexity index is 1100. The fraction of sp³-hybridized carbons (Fsp3) is 0.500. The van der Waals surface area contributed by atoms with Crippen molar-refractivity contribution < 1.29 is 38.5 Å². The Balaban J connectivity index is 1.63. The number of aromatic amines is 1. The van der Waals surface area contributed by atoms with Gasteiger partial charge in [0, 0.05) is 6.42 Å². The number of aliphatic carboxylic acids is 1. The molecule has 1 unspecified atom stereocenters. The molecule has 2 aromatic rings. The molecular weight excluding hydrogens is 441 g/mol. The number of rotatable bonds is 8. The van der Waals surface area contributed by atoms with Gasteiger partial charge in [-0.2, -0.15) is 4.98 Å². The highest BCUT2D eigenvalue weighted by Crippen LogP contribution is 2.39. The molecule has 5 atom stereocenters. The number of hydrogen-bond acceptors (Lipinski definition) is 11. The zero-order chi connectivity index (χ0) is 22.9. The van der Waals surface area contributed by atoms with Crippen molar-refractivity contribution in [2.24, 2.45) is 5.73 Å². The highest BCUT2D eigenvalue weighted by molar-refractivity contribution is 7.51. The third-order valence-corrected chi connectivity index (χ3v) is 5.36. The summed E-state index contributed by atoms with van der Waals surface area (Å²) in [4.78, 5) is 54.1. The number of carboxylic acid groups (broad SMARTS) is 1. The van der Waals surface area contributed by atoms with Crippen molar-refractivity contribution in [2.75, 3.05) is 12.3 Å². The minimum absolute atomic E-state index is 0.00672. The number of amides is 1. The average Bonchev–Trinajstić information content (AvgIpc) is 3.22. The van der Waals surface area contributed by atoms with Gasteiger partial charge in [-0.15, -0.1) is 0 Å². The van der Waals surface area contributed by atoms with Crippen LogP contribution in [0, 0.1) is 0 Å². The largest absolute Gasteiger partial charge is 0.481 e.